The molecule has 12 heteroatoms. The Morgan fingerprint density at radius 1 is 0.957 bits per heavy atom. The van der Waals surface area contributed by atoms with Crippen molar-refractivity contribution in [2.75, 3.05) is 6.61 Å². The van der Waals surface area contributed by atoms with Gasteiger partial charge in [-0.15, -0.1) is 23.5 Å². The molecule has 3 aromatic carbocycles. The number of carboxylic acids is 1. The Bertz CT molecular complexity index is 2200. The Labute approximate surface area is 291 Å². The third-order valence-electron chi connectivity index (χ3n) is 8.85. The molecule has 4 heterocycles. The van der Waals surface area contributed by atoms with Crippen LogP contribution in [-0.4, -0.2) is 41.8 Å². The molecule has 0 saturated heterocycles. The van der Waals surface area contributed by atoms with Crippen LogP contribution in [0.2, 0.25) is 10.0 Å². The summed E-state index contributed by atoms with van der Waals surface area (Å²) in [5, 5.41) is 23.9. The second-order valence-electron chi connectivity index (χ2n) is 11.8. The van der Waals surface area contributed by atoms with Crippen molar-refractivity contribution in [2.45, 2.75) is 41.9 Å². The molecule has 1 aliphatic rings. The van der Waals surface area contributed by atoms with Gasteiger partial charge in [-0.3, -0.25) is 9.36 Å². The van der Waals surface area contributed by atoms with Gasteiger partial charge in [-0.25, -0.2) is 4.79 Å². The van der Waals surface area contributed by atoms with Crippen LogP contribution in [-0.2, 0) is 44.8 Å². The van der Waals surface area contributed by atoms with E-state index in [0.29, 0.717) is 57.5 Å². The topological polar surface area (TPSA) is 87.1 Å². The van der Waals surface area contributed by atoms with Gasteiger partial charge in [0.1, 0.15) is 11.4 Å². The van der Waals surface area contributed by atoms with Crippen molar-refractivity contribution >= 4 is 74.4 Å². The first-order valence-corrected chi connectivity index (χ1v) is 18.1. The number of hydrogen-bond acceptors (Lipinski definition) is 6. The predicted octanol–water partition coefficient (Wildman–Crippen LogP) is 8.83. The van der Waals surface area contributed by atoms with Gasteiger partial charge in [0.15, 0.2) is 0 Å². The first kappa shape index (κ1) is 32.0. The number of carboxylic acid groups (broad SMARTS) is 1. The zero-order valence-electron chi connectivity index (χ0n) is 26.4. The molecule has 3 aromatic heterocycles. The van der Waals surface area contributed by atoms with Crippen molar-refractivity contribution in [1.82, 2.24) is 24.1 Å². The number of rotatable bonds is 1. The molecule has 0 unspecified atom stereocenters. The number of carbonyl (C=O) groups is 1. The first-order valence-electron chi connectivity index (χ1n) is 15.3. The molecular weight excluding hydrogens is 673 g/mol. The number of fused-ring (bicyclic) bond motifs is 8. The number of halogens is 2. The summed E-state index contributed by atoms with van der Waals surface area (Å²) in [6.45, 7) is 2.41. The lowest BCUT2D eigenvalue weighted by molar-refractivity contribution is 0.0685. The lowest BCUT2D eigenvalue weighted by atomic mass is 9.98. The summed E-state index contributed by atoms with van der Waals surface area (Å²) in [7, 11) is 5.68. The highest BCUT2D eigenvalue weighted by Crippen LogP contribution is 2.45. The van der Waals surface area contributed by atoms with E-state index < -0.39 is 5.97 Å². The molecule has 0 aliphatic carbocycles. The van der Waals surface area contributed by atoms with Crippen molar-refractivity contribution in [2.24, 2.45) is 21.1 Å². The number of aromatic carboxylic acids is 1. The molecule has 0 amide bonds. The molecule has 7 rings (SSSR count). The summed E-state index contributed by atoms with van der Waals surface area (Å²) in [5.74, 6) is 1.89. The van der Waals surface area contributed by atoms with Crippen LogP contribution in [0.4, 0.5) is 0 Å². The Balaban J connectivity index is 1.38. The fraction of sp³-hybridized carbons (Fsp3) is 0.286. The first-order chi connectivity index (χ1) is 22.6. The second-order valence-corrected chi connectivity index (χ2v) is 14.6. The van der Waals surface area contributed by atoms with Gasteiger partial charge in [0.25, 0.3) is 0 Å². The van der Waals surface area contributed by atoms with E-state index in [-0.39, 0.29) is 5.69 Å². The summed E-state index contributed by atoms with van der Waals surface area (Å²) in [6.07, 6.45) is 1.05. The average molecular weight is 707 g/mol. The summed E-state index contributed by atoms with van der Waals surface area (Å²) < 4.78 is 12.0. The van der Waals surface area contributed by atoms with E-state index in [1.165, 1.54) is 0 Å². The monoisotopic (exact) mass is 705 g/mol. The minimum absolute atomic E-state index is 0.194. The Hall–Kier alpha value is -3.57. The molecule has 8 bridgehead atoms. The minimum atomic E-state index is -1.02. The highest BCUT2D eigenvalue weighted by molar-refractivity contribution is 7.98. The summed E-state index contributed by atoms with van der Waals surface area (Å²) in [4.78, 5) is 13.9. The van der Waals surface area contributed by atoms with Gasteiger partial charge in [0.2, 0.25) is 0 Å². The quantitative estimate of drug-likeness (QED) is 0.183. The third-order valence-corrected chi connectivity index (χ3v) is 11.4. The van der Waals surface area contributed by atoms with Gasteiger partial charge < -0.3 is 14.4 Å². The number of ether oxygens (including phenoxy) is 1. The third kappa shape index (κ3) is 5.79. The fourth-order valence-electron chi connectivity index (χ4n) is 6.59. The number of aryl methyl sites for hydroxylation is 4. The van der Waals surface area contributed by atoms with Crippen LogP contribution in [0.1, 0.15) is 45.2 Å². The zero-order chi connectivity index (χ0) is 33.0. The molecule has 0 fully saturated rings. The summed E-state index contributed by atoms with van der Waals surface area (Å²) >= 11 is 17.4. The van der Waals surface area contributed by atoms with Gasteiger partial charge in [0.05, 0.1) is 33.6 Å². The maximum atomic E-state index is 12.8. The lowest BCUT2D eigenvalue weighted by Crippen LogP contribution is -2.09. The number of aromatic nitrogens is 5. The van der Waals surface area contributed by atoms with Crippen LogP contribution < -0.4 is 4.74 Å². The van der Waals surface area contributed by atoms with Crippen molar-refractivity contribution in [1.29, 1.82) is 0 Å². The Morgan fingerprint density at radius 2 is 1.77 bits per heavy atom. The van der Waals surface area contributed by atoms with Gasteiger partial charge in [-0.05, 0) is 55.0 Å². The van der Waals surface area contributed by atoms with Crippen molar-refractivity contribution in [3.8, 4) is 16.9 Å². The molecule has 242 valence electrons. The van der Waals surface area contributed by atoms with Crippen LogP contribution in [0.15, 0.2) is 53.4 Å². The summed E-state index contributed by atoms with van der Waals surface area (Å²) in [6, 6.07) is 16.4. The highest BCUT2D eigenvalue weighted by Gasteiger charge is 2.29. The van der Waals surface area contributed by atoms with E-state index in [1.807, 2.05) is 42.5 Å². The van der Waals surface area contributed by atoms with Gasteiger partial charge in [-0.1, -0.05) is 47.5 Å². The molecule has 6 aromatic rings. The minimum Gasteiger partial charge on any atom is -0.493 e. The van der Waals surface area contributed by atoms with E-state index >= 15 is 0 Å². The molecule has 0 radical (unpaired) electrons. The van der Waals surface area contributed by atoms with Crippen LogP contribution in [0.5, 0.6) is 5.75 Å². The standard InChI is InChI=1S/C35H33Cl2N5O3S2/c1-19-30-28(39-41(19)3)18-46-16-21-13-22(42(4)38-21)17-47-23-12-20-8-5-6-9-24(20)29(14-23)45-11-7-10-25-31-26(36)15-27(37)32(30)34(31)40(2)33(25)35(43)44/h5-6,8-9,12-15H,7,10-11,16-18H2,1-4H3,(H,43,44). The molecule has 1 N–H and O–H groups in total. The van der Waals surface area contributed by atoms with E-state index in [4.69, 9.17) is 38.1 Å². The van der Waals surface area contributed by atoms with Gasteiger partial charge >= 0.3 is 5.97 Å². The molecule has 0 spiro atoms. The van der Waals surface area contributed by atoms with E-state index in [1.54, 1.807) is 41.2 Å². The highest BCUT2D eigenvalue weighted by atomic mass is 35.5. The normalized spacial score (nSPS) is 14.3. The van der Waals surface area contributed by atoms with Gasteiger partial charge in [-0.2, -0.15) is 10.2 Å². The molecule has 0 atom stereocenters. The molecule has 1 aliphatic heterocycles. The van der Waals surface area contributed by atoms with Crippen molar-refractivity contribution in [3.05, 3.63) is 92.6 Å². The largest absolute Gasteiger partial charge is 0.493 e. The predicted molar refractivity (Wildman–Crippen MR) is 192 cm³/mol. The lowest BCUT2D eigenvalue weighted by Gasteiger charge is -2.13. The number of nitrogens with zero attached hydrogens (tertiary/aromatic N) is 5. The van der Waals surface area contributed by atoms with Crippen LogP contribution in [0.3, 0.4) is 0 Å². The Kier molecular flexibility index (Phi) is 8.72. The maximum absolute atomic E-state index is 12.8. The van der Waals surface area contributed by atoms with E-state index in [2.05, 4.69) is 30.3 Å². The SMILES string of the molecule is Cc1c2c(nn1C)CSCc1cc(n(C)n1)CSc1cc(c3ccccc3c1)OCCCc1c(C(=O)O)n(C)c3c-2c(Cl)cc(Cl)c13. The number of thioether (sulfide) groups is 2. The molecule has 47 heavy (non-hydrogen) atoms. The number of hydrogen-bond donors (Lipinski definition) is 1. The average Bonchev–Trinajstić information content (AvgIpc) is 3.64. The van der Waals surface area contributed by atoms with Crippen molar-refractivity contribution < 1.29 is 14.6 Å². The van der Waals surface area contributed by atoms with E-state index in [0.717, 1.165) is 61.1 Å². The van der Waals surface area contributed by atoms with Crippen LogP contribution >= 0.6 is 46.7 Å². The molecule has 0 saturated carbocycles. The van der Waals surface area contributed by atoms with Crippen molar-refractivity contribution in [3.63, 3.8) is 0 Å². The molecular formula is C35H33Cl2N5O3S2. The second kappa shape index (κ2) is 12.8. The summed E-state index contributed by atoms with van der Waals surface area (Å²) in [5.41, 5.74) is 7.14. The molecule has 8 nitrogen and oxygen atoms in total. The Morgan fingerprint density at radius 3 is 2.57 bits per heavy atom. The van der Waals surface area contributed by atoms with Crippen LogP contribution in [0, 0.1) is 6.92 Å². The smallest absolute Gasteiger partial charge is 0.352 e. The van der Waals surface area contributed by atoms with Crippen LogP contribution in [0.25, 0.3) is 32.8 Å². The maximum Gasteiger partial charge on any atom is 0.352 e. The fourth-order valence-corrected chi connectivity index (χ4v) is 9.08. The van der Waals surface area contributed by atoms with Gasteiger partial charge in [0, 0.05) is 76.6 Å². The number of benzene rings is 3. The van der Waals surface area contributed by atoms with E-state index in [9.17, 15) is 9.90 Å². The zero-order valence-corrected chi connectivity index (χ0v) is 29.6.